The number of aromatic amines is 1. The van der Waals surface area contributed by atoms with Gasteiger partial charge in [0.25, 0.3) is 5.91 Å². The molecule has 0 saturated heterocycles. The van der Waals surface area contributed by atoms with Gasteiger partial charge in [-0.2, -0.15) is 0 Å². The van der Waals surface area contributed by atoms with Crippen LogP contribution in [0.2, 0.25) is 0 Å². The zero-order valence-electron chi connectivity index (χ0n) is 9.91. The van der Waals surface area contributed by atoms with Crippen LogP contribution in [0.1, 0.15) is 29.8 Å². The van der Waals surface area contributed by atoms with Crippen LogP contribution in [0.15, 0.2) is 23.0 Å². The molecule has 0 unspecified atom stereocenters. The van der Waals surface area contributed by atoms with E-state index in [4.69, 9.17) is 0 Å². The first-order valence-corrected chi connectivity index (χ1v) is 6.78. The molecule has 94 valence electrons. The van der Waals surface area contributed by atoms with E-state index in [1.54, 1.807) is 24.1 Å². The van der Waals surface area contributed by atoms with Crippen LogP contribution >= 0.6 is 15.9 Å². The van der Waals surface area contributed by atoms with Gasteiger partial charge in [0.15, 0.2) is 0 Å². The zero-order valence-corrected chi connectivity index (χ0v) is 11.5. The van der Waals surface area contributed by atoms with Crippen LogP contribution in [0.4, 0.5) is 0 Å². The van der Waals surface area contributed by atoms with Gasteiger partial charge >= 0.3 is 0 Å². The number of alkyl halides is 1. The van der Waals surface area contributed by atoms with Crippen molar-refractivity contribution in [1.29, 1.82) is 0 Å². The fraction of sp³-hybridized carbons (Fsp3) is 0.500. The monoisotopic (exact) mass is 300 g/mol. The molecule has 0 spiro atoms. The summed E-state index contributed by atoms with van der Waals surface area (Å²) >= 11 is 3.37. The lowest BCUT2D eigenvalue weighted by atomic mass is 10.2. The van der Waals surface area contributed by atoms with Crippen molar-refractivity contribution in [3.05, 3.63) is 34.2 Å². The molecule has 1 amide bonds. The Morgan fingerprint density at radius 1 is 1.35 bits per heavy atom. The van der Waals surface area contributed by atoms with Crippen molar-refractivity contribution in [1.82, 2.24) is 9.88 Å². The third kappa shape index (κ3) is 4.73. The average molecular weight is 301 g/mol. The van der Waals surface area contributed by atoms with Gasteiger partial charge in [0, 0.05) is 25.0 Å². The molecule has 0 aliphatic carbocycles. The maximum absolute atomic E-state index is 11.9. The van der Waals surface area contributed by atoms with E-state index in [2.05, 4.69) is 20.9 Å². The molecular formula is C12H17BrN2O2. The molecule has 0 radical (unpaired) electrons. The predicted molar refractivity (Wildman–Crippen MR) is 71.7 cm³/mol. The molecule has 0 fully saturated rings. The number of rotatable bonds is 6. The number of aromatic nitrogens is 1. The topological polar surface area (TPSA) is 53.2 Å². The molecule has 1 N–H and O–H groups in total. The van der Waals surface area contributed by atoms with Crippen LogP contribution in [0.5, 0.6) is 0 Å². The summed E-state index contributed by atoms with van der Waals surface area (Å²) < 4.78 is 0. The molecule has 17 heavy (non-hydrogen) atoms. The van der Waals surface area contributed by atoms with Gasteiger partial charge in [-0.15, -0.1) is 0 Å². The van der Waals surface area contributed by atoms with E-state index >= 15 is 0 Å². The molecular weight excluding hydrogens is 284 g/mol. The minimum Gasteiger partial charge on any atom is -0.340 e. The number of hydrogen-bond donors (Lipinski definition) is 1. The van der Waals surface area contributed by atoms with E-state index in [1.807, 2.05) is 0 Å². The number of nitrogens with one attached hydrogen (secondary N) is 1. The van der Waals surface area contributed by atoms with Crippen molar-refractivity contribution in [2.24, 2.45) is 0 Å². The van der Waals surface area contributed by atoms with Crippen molar-refractivity contribution in [3.8, 4) is 0 Å². The molecule has 4 nitrogen and oxygen atoms in total. The summed E-state index contributed by atoms with van der Waals surface area (Å²) in [5.41, 5.74) is 0.101. The number of nitrogens with zero attached hydrogens (tertiary/aromatic N) is 1. The standard InChI is InChI=1S/C12H17BrN2O2/c1-15(9-4-2-3-8-13)12(17)10-6-5-7-11(16)14-10/h5-7H,2-4,8-9H2,1H3,(H,14,16). The van der Waals surface area contributed by atoms with Crippen LogP contribution in [-0.2, 0) is 0 Å². The quantitative estimate of drug-likeness (QED) is 0.645. The van der Waals surface area contributed by atoms with E-state index < -0.39 is 0 Å². The Morgan fingerprint density at radius 2 is 2.12 bits per heavy atom. The Bertz CT molecular complexity index is 417. The number of halogens is 1. The largest absolute Gasteiger partial charge is 0.340 e. The molecule has 0 atom stereocenters. The molecule has 0 aromatic carbocycles. The molecule has 1 rings (SSSR count). The Morgan fingerprint density at radius 3 is 2.76 bits per heavy atom. The first-order chi connectivity index (χ1) is 8.15. The summed E-state index contributed by atoms with van der Waals surface area (Å²) in [5.74, 6) is -0.137. The zero-order chi connectivity index (χ0) is 12.7. The second-order valence-electron chi connectivity index (χ2n) is 3.91. The second kappa shape index (κ2) is 7.27. The van der Waals surface area contributed by atoms with Gasteiger partial charge in [-0.1, -0.05) is 28.4 Å². The second-order valence-corrected chi connectivity index (χ2v) is 4.70. The van der Waals surface area contributed by atoms with Crippen LogP contribution < -0.4 is 5.56 Å². The number of unbranched alkanes of at least 4 members (excludes halogenated alkanes) is 2. The van der Waals surface area contributed by atoms with Crippen LogP contribution in [0.3, 0.4) is 0 Å². The Hall–Kier alpha value is -1.10. The van der Waals surface area contributed by atoms with Crippen LogP contribution in [-0.4, -0.2) is 34.7 Å². The number of amides is 1. The van der Waals surface area contributed by atoms with E-state index in [1.165, 1.54) is 6.07 Å². The van der Waals surface area contributed by atoms with Crippen molar-refractivity contribution in [3.63, 3.8) is 0 Å². The van der Waals surface area contributed by atoms with Gasteiger partial charge in [-0.3, -0.25) is 9.59 Å². The summed E-state index contributed by atoms with van der Waals surface area (Å²) in [7, 11) is 1.75. The van der Waals surface area contributed by atoms with Crippen molar-refractivity contribution < 1.29 is 4.79 Å². The van der Waals surface area contributed by atoms with Crippen molar-refractivity contribution in [2.45, 2.75) is 19.3 Å². The smallest absolute Gasteiger partial charge is 0.270 e. The maximum Gasteiger partial charge on any atom is 0.270 e. The summed E-state index contributed by atoms with van der Waals surface area (Å²) in [5, 5.41) is 0.997. The van der Waals surface area contributed by atoms with E-state index in [-0.39, 0.29) is 11.5 Å². The molecule has 0 aliphatic heterocycles. The summed E-state index contributed by atoms with van der Waals surface area (Å²) in [6, 6.07) is 4.61. The van der Waals surface area contributed by atoms with Crippen LogP contribution in [0, 0.1) is 0 Å². The normalized spacial score (nSPS) is 10.2. The van der Waals surface area contributed by atoms with Gasteiger partial charge in [0.05, 0.1) is 0 Å². The molecule has 1 aromatic heterocycles. The lowest BCUT2D eigenvalue weighted by molar-refractivity contribution is 0.0786. The molecule has 0 aliphatic rings. The third-order valence-electron chi connectivity index (χ3n) is 2.47. The molecule has 1 aromatic rings. The Labute approximate surface area is 109 Å². The fourth-order valence-electron chi connectivity index (χ4n) is 1.50. The molecule has 0 bridgehead atoms. The minimum absolute atomic E-state index is 0.137. The highest BCUT2D eigenvalue weighted by atomic mass is 79.9. The van der Waals surface area contributed by atoms with Gasteiger partial charge < -0.3 is 9.88 Å². The molecule has 5 heteroatoms. The number of carbonyl (C=O) groups is 1. The number of hydrogen-bond acceptors (Lipinski definition) is 2. The lowest BCUT2D eigenvalue weighted by Crippen LogP contribution is -2.29. The maximum atomic E-state index is 11.9. The van der Waals surface area contributed by atoms with Crippen molar-refractivity contribution >= 4 is 21.8 Å². The Kier molecular flexibility index (Phi) is 5.97. The predicted octanol–water partition coefficient (Wildman–Crippen LogP) is 2.01. The highest BCUT2D eigenvalue weighted by Crippen LogP contribution is 2.03. The van der Waals surface area contributed by atoms with Crippen molar-refractivity contribution in [2.75, 3.05) is 18.9 Å². The third-order valence-corrected chi connectivity index (χ3v) is 3.03. The first-order valence-electron chi connectivity index (χ1n) is 5.66. The summed E-state index contributed by atoms with van der Waals surface area (Å²) in [4.78, 5) is 27.2. The lowest BCUT2D eigenvalue weighted by Gasteiger charge is -2.16. The Balaban J connectivity index is 2.49. The van der Waals surface area contributed by atoms with Gasteiger partial charge in [-0.25, -0.2) is 0 Å². The molecule has 1 heterocycles. The minimum atomic E-state index is -0.247. The van der Waals surface area contributed by atoms with E-state index in [0.717, 1.165) is 24.6 Å². The van der Waals surface area contributed by atoms with E-state index in [9.17, 15) is 9.59 Å². The number of carbonyl (C=O) groups excluding carboxylic acids is 1. The highest BCUT2D eigenvalue weighted by molar-refractivity contribution is 9.09. The first kappa shape index (κ1) is 14.0. The van der Waals surface area contributed by atoms with Gasteiger partial charge in [-0.05, 0) is 18.9 Å². The number of H-pyrrole nitrogens is 1. The summed E-state index contributed by atoms with van der Waals surface area (Å²) in [6.45, 7) is 0.711. The van der Waals surface area contributed by atoms with Crippen LogP contribution in [0.25, 0.3) is 0 Å². The average Bonchev–Trinajstić information content (AvgIpc) is 2.33. The van der Waals surface area contributed by atoms with Gasteiger partial charge in [0.1, 0.15) is 5.69 Å². The summed E-state index contributed by atoms with van der Waals surface area (Å²) in [6.07, 6.45) is 3.18. The van der Waals surface area contributed by atoms with E-state index in [0.29, 0.717) is 12.2 Å². The highest BCUT2D eigenvalue weighted by Gasteiger charge is 2.11. The SMILES string of the molecule is CN(CCCCCBr)C(=O)c1cccc(=O)[nH]1. The molecule has 0 saturated carbocycles. The van der Waals surface area contributed by atoms with Gasteiger partial charge in [0.2, 0.25) is 5.56 Å². The number of pyridine rings is 1. The fourth-order valence-corrected chi connectivity index (χ4v) is 1.90.